The third kappa shape index (κ3) is 448. The zero-order valence-electron chi connectivity index (χ0n) is 18.3. The molecule has 0 rings (SSSR count). The van der Waals surface area contributed by atoms with Gasteiger partial charge < -0.3 is 0 Å². The summed E-state index contributed by atoms with van der Waals surface area (Å²) >= 11 is 1.90. The standard InChI is InChI=1S/CH4.S.40V/h1H4;;;;;;;;;;;;;;;;;;;;;;;;;;;;;;;;;;;;;;;;;. The Labute approximate surface area is 736 Å². The van der Waals surface area contributed by atoms with Gasteiger partial charge in [-0.2, -0.15) is 0 Å². The summed E-state index contributed by atoms with van der Waals surface area (Å²) in [4.78, 5) is 0. The van der Waals surface area contributed by atoms with Crippen molar-refractivity contribution in [2.45, 2.75) is 7.43 Å². The summed E-state index contributed by atoms with van der Waals surface area (Å²) in [6.45, 7) is 0. The molecule has 214 valence electrons. The first kappa shape index (κ1) is 452. The smallest absolute Gasteiger partial charge is 0 e. The van der Waals surface area contributed by atoms with E-state index in [9.17, 15) is 0 Å². The van der Waals surface area contributed by atoms with E-state index in [1.165, 1.54) is 0 Å². The zero-order valence-corrected chi connectivity index (χ0v) is 75.0. The number of hydrogen-bond acceptors (Lipinski definition) is 1. The van der Waals surface area contributed by atoms with Gasteiger partial charge in [-0.3, -0.25) is 0 Å². The molecule has 0 aliphatic carbocycles. The molecule has 42 heavy (non-hydrogen) atoms. The molecule has 0 spiro atoms. The van der Waals surface area contributed by atoms with Crippen molar-refractivity contribution in [3.05, 3.63) is 0 Å². The topological polar surface area (TPSA) is 0 Å². The van der Waals surface area contributed by atoms with Crippen molar-refractivity contribution in [1.29, 1.82) is 0 Å². The van der Waals surface area contributed by atoms with Gasteiger partial charge in [0.05, 0.1) is 0 Å². The van der Waals surface area contributed by atoms with Crippen molar-refractivity contribution in [2.24, 2.45) is 0 Å². The molecule has 0 heterocycles. The van der Waals surface area contributed by atoms with E-state index >= 15 is 0 Å². The molecule has 0 N–H and O–H groups in total. The third-order valence-electron chi connectivity index (χ3n) is 0. The first-order valence-corrected chi connectivity index (χ1v) is 2.26. The second-order valence-corrected chi connectivity index (χ2v) is 0. The molecule has 0 fully saturated rings. The van der Waals surface area contributed by atoms with Crippen LogP contribution in [0, 0.1) is 0 Å². The van der Waals surface area contributed by atoms with Gasteiger partial charge in [-0.1, -0.05) is 7.43 Å². The molecule has 0 saturated heterocycles. The van der Waals surface area contributed by atoms with Crippen molar-refractivity contribution in [1.82, 2.24) is 0 Å². The molecule has 0 unspecified atom stereocenters. The normalized spacial score (nSPS) is 0.0714. The van der Waals surface area contributed by atoms with Crippen LogP contribution in [-0.2, 0) is 739 Å². The first-order valence-electron chi connectivity index (χ1n) is 0.183. The van der Waals surface area contributed by atoms with Crippen molar-refractivity contribution >= 4 is 10.3 Å². The fourth-order valence-corrected chi connectivity index (χ4v) is 0. The summed E-state index contributed by atoms with van der Waals surface area (Å²) in [5.41, 5.74) is 0. The van der Waals surface area contributed by atoms with Gasteiger partial charge in [0, 0.05) is 724 Å². The Balaban J connectivity index is -0.00000000000641. The summed E-state index contributed by atoms with van der Waals surface area (Å²) in [5.74, 6) is 0. The second kappa shape index (κ2) is 469. The van der Waals surface area contributed by atoms with Crippen LogP contribution in [0.3, 0.4) is 0 Å². The molecule has 0 aromatic carbocycles. The van der Waals surface area contributed by atoms with Crippen LogP contribution in [-0.4, -0.2) is 0 Å². The largest absolute Gasteiger partial charge is 0 e. The maximum absolute atomic E-state index is 4.02. The number of hydrogen-bond donors (Lipinski definition) is 0. The van der Waals surface area contributed by atoms with Crippen molar-refractivity contribution in [2.75, 3.05) is 0 Å². The maximum Gasteiger partial charge on any atom is 0 e. The van der Waals surface area contributed by atoms with Gasteiger partial charge in [0.2, 0.25) is 0 Å². The summed E-state index contributed by atoms with van der Waals surface area (Å²) < 4.78 is 0. The van der Waals surface area contributed by atoms with Crippen molar-refractivity contribution in [3.63, 3.8) is 0 Å². The van der Waals surface area contributed by atoms with Gasteiger partial charge in [0.15, 0.2) is 0 Å². The molecule has 0 aromatic rings. The van der Waals surface area contributed by atoms with E-state index in [0.29, 0.717) is 0 Å². The minimum atomic E-state index is 0. The Hall–Kier alpha value is 23.6. The average molecular weight is 2090 g/mol. The molecule has 0 nitrogen and oxygen atoms in total. The van der Waals surface area contributed by atoms with E-state index in [1.54, 1.807) is 0 Å². The van der Waals surface area contributed by atoms with Crippen LogP contribution >= 0.6 is 10.3 Å². The van der Waals surface area contributed by atoms with Gasteiger partial charge >= 0.3 is 26.0 Å². The Morgan fingerprint density at radius 2 is 0.119 bits per heavy atom. The van der Waals surface area contributed by atoms with Gasteiger partial charge in [-0.15, -0.1) is 0 Å². The van der Waals surface area contributed by atoms with Gasteiger partial charge in [-0.25, -0.2) is 0 Å². The van der Waals surface area contributed by atoms with Crippen LogP contribution in [0.1, 0.15) is 7.43 Å². The van der Waals surface area contributed by atoms with E-state index in [2.05, 4.69) is 10.3 Å². The molecule has 41 heteroatoms. The monoisotopic (exact) mass is 2090 g/mol. The molecule has 0 saturated carbocycles. The molecular weight excluding hydrogens is 2080 g/mol. The Morgan fingerprint density at radius 1 is 0.119 bits per heavy atom. The molecule has 39 radical (unpaired) electrons. The van der Waals surface area contributed by atoms with Crippen LogP contribution in [0.4, 0.5) is 0 Å². The minimum Gasteiger partial charge on any atom is 0 e. The summed E-state index contributed by atoms with van der Waals surface area (Å²) in [5, 5.41) is 0. The SMILES string of the molecule is C.[S]=[V].[V].[V].[V].[V].[V].[V].[V].[V].[V].[V].[V].[V].[V].[V].[V].[V].[V].[V].[V].[V].[V].[V].[V].[V].[V].[V].[V].[V].[V].[V].[V].[V].[V].[V].[V].[V].[V].[V].[V]. The molecule has 0 aromatic heterocycles. The van der Waals surface area contributed by atoms with E-state index in [0.717, 1.165) is 0 Å². The predicted octanol–water partition coefficient (Wildman–Crippen LogP) is 1.18. The third-order valence-corrected chi connectivity index (χ3v) is 0. The first-order chi connectivity index (χ1) is 1.00. The summed E-state index contributed by atoms with van der Waals surface area (Å²) in [6.07, 6.45) is 0. The zero-order chi connectivity index (χ0) is 2.00. The van der Waals surface area contributed by atoms with E-state index in [-0.39, 0.29) is 731 Å². The molecular formula is CH4SV40. The van der Waals surface area contributed by atoms with Crippen LogP contribution in [0.5, 0.6) is 0 Å². The summed E-state index contributed by atoms with van der Waals surface area (Å²) in [7, 11) is 4.02. The molecule has 0 amide bonds. The van der Waals surface area contributed by atoms with Gasteiger partial charge in [0.25, 0.3) is 0 Å². The fraction of sp³-hybridized carbons (Fsp3) is 1.00. The van der Waals surface area contributed by atoms with Crippen LogP contribution in [0.2, 0.25) is 0 Å². The Bertz CT molecular complexity index is 13.6. The van der Waals surface area contributed by atoms with Crippen LogP contribution in [0.25, 0.3) is 0 Å². The van der Waals surface area contributed by atoms with E-state index in [4.69, 9.17) is 0 Å². The Morgan fingerprint density at radius 3 is 0.119 bits per heavy atom. The Kier molecular flexibility index (Phi) is 5050. The number of rotatable bonds is 0. The average Bonchev–Trinajstić information content (AvgIpc) is 1.00. The molecule has 0 aliphatic heterocycles. The van der Waals surface area contributed by atoms with E-state index in [1.807, 2.05) is 15.7 Å². The van der Waals surface area contributed by atoms with Crippen LogP contribution < -0.4 is 0 Å². The van der Waals surface area contributed by atoms with Gasteiger partial charge in [0.1, 0.15) is 0 Å². The predicted molar refractivity (Wildman–Crippen MR) is 14.3 cm³/mol. The minimum absolute atomic E-state index is 0. The van der Waals surface area contributed by atoms with Crippen molar-refractivity contribution in [3.8, 4) is 0 Å². The summed E-state index contributed by atoms with van der Waals surface area (Å²) in [6, 6.07) is 0. The maximum atomic E-state index is 4.02. The van der Waals surface area contributed by atoms with Crippen LogP contribution in [0.15, 0.2) is 0 Å². The quantitative estimate of drug-likeness (QED) is 0.352. The van der Waals surface area contributed by atoms with Gasteiger partial charge in [-0.05, 0) is 0 Å². The molecule has 0 aliphatic rings. The molecule has 0 bridgehead atoms. The van der Waals surface area contributed by atoms with Crippen molar-refractivity contribution < 1.29 is 739 Å². The van der Waals surface area contributed by atoms with E-state index < -0.39 is 0 Å². The second-order valence-electron chi connectivity index (χ2n) is 0. The fourth-order valence-electron chi connectivity index (χ4n) is 0. The molecule has 0 atom stereocenters.